The van der Waals surface area contributed by atoms with Crippen LogP contribution in [0.2, 0.25) is 5.02 Å². The predicted octanol–water partition coefficient (Wildman–Crippen LogP) is 3.73. The molecule has 0 spiro atoms. The van der Waals surface area contributed by atoms with Crippen LogP contribution in [0.25, 0.3) is 0 Å². The van der Waals surface area contributed by atoms with Gasteiger partial charge >= 0.3 is 0 Å². The van der Waals surface area contributed by atoms with Crippen molar-refractivity contribution in [3.63, 3.8) is 0 Å². The highest BCUT2D eigenvalue weighted by atomic mass is 35.5. The fraction of sp³-hybridized carbons (Fsp3) is 0.435. The average Bonchev–Trinajstić information content (AvgIpc) is 2.74. The molecule has 1 saturated carbocycles. The average molecular weight is 460 g/mol. The summed E-state index contributed by atoms with van der Waals surface area (Å²) in [5.41, 5.74) is 4.76. The lowest BCUT2D eigenvalue weighted by molar-refractivity contribution is -0.164. The number of benzene rings is 1. The van der Waals surface area contributed by atoms with Crippen LogP contribution in [0.15, 0.2) is 30.5 Å². The van der Waals surface area contributed by atoms with Crippen LogP contribution in [0.5, 0.6) is 5.75 Å². The Balaban J connectivity index is 1.74. The number of pyridine rings is 1. The van der Waals surface area contributed by atoms with Crippen molar-refractivity contribution < 1.29 is 13.9 Å². The van der Waals surface area contributed by atoms with Gasteiger partial charge in [-0.2, -0.15) is 5.26 Å². The summed E-state index contributed by atoms with van der Waals surface area (Å²) in [6.07, 6.45) is 0.963. The Hall–Kier alpha value is -2.89. The number of anilines is 1. The maximum atomic E-state index is 14.5. The number of rotatable bonds is 7. The molecule has 1 heterocycles. The standard InChI is InChI=1S/C23H27ClFN5O2/c1-22(2)20(30-19(31)15-12-29-18(10-17(15)25)28-8-7-26)23(3,4)21(22)32-14-6-5-13(11-27)16(24)9-14/h5-6,9-10,12,20-21H,7-8,26H2,1-4H3,(H,28,29)(H,30,31)/t20-,21-. The van der Waals surface area contributed by atoms with E-state index in [0.717, 1.165) is 0 Å². The van der Waals surface area contributed by atoms with Gasteiger partial charge in [-0.25, -0.2) is 9.37 Å². The highest BCUT2D eigenvalue weighted by molar-refractivity contribution is 6.31. The first-order valence-electron chi connectivity index (χ1n) is 10.3. The largest absolute Gasteiger partial charge is 0.489 e. The van der Waals surface area contributed by atoms with Crippen molar-refractivity contribution >= 4 is 23.3 Å². The van der Waals surface area contributed by atoms with Gasteiger partial charge in [-0.15, -0.1) is 0 Å². The topological polar surface area (TPSA) is 113 Å². The van der Waals surface area contributed by atoms with Gasteiger partial charge in [0.15, 0.2) is 0 Å². The van der Waals surface area contributed by atoms with Gasteiger partial charge in [0.05, 0.1) is 16.1 Å². The van der Waals surface area contributed by atoms with Gasteiger partial charge in [0.2, 0.25) is 0 Å². The second-order valence-corrected chi connectivity index (χ2v) is 9.47. The number of carbonyl (C=O) groups is 1. The summed E-state index contributed by atoms with van der Waals surface area (Å²) in [6, 6.07) is 7.84. The Morgan fingerprint density at radius 2 is 2.00 bits per heavy atom. The number of amides is 1. The molecule has 0 aliphatic heterocycles. The molecule has 0 atom stereocenters. The summed E-state index contributed by atoms with van der Waals surface area (Å²) in [7, 11) is 0. The number of nitriles is 1. The molecule has 0 unspecified atom stereocenters. The van der Waals surface area contributed by atoms with Crippen LogP contribution < -0.4 is 21.1 Å². The van der Waals surface area contributed by atoms with Crippen molar-refractivity contribution in [1.82, 2.24) is 10.3 Å². The zero-order valence-corrected chi connectivity index (χ0v) is 19.3. The van der Waals surface area contributed by atoms with Crippen molar-refractivity contribution in [3.05, 3.63) is 52.4 Å². The number of hydrogen-bond acceptors (Lipinski definition) is 6. The molecule has 1 amide bonds. The molecule has 0 bridgehead atoms. The molecule has 1 aromatic heterocycles. The van der Waals surface area contributed by atoms with Crippen LogP contribution >= 0.6 is 11.6 Å². The number of aromatic nitrogens is 1. The minimum atomic E-state index is -0.660. The van der Waals surface area contributed by atoms with Crippen molar-refractivity contribution in [2.45, 2.75) is 39.8 Å². The lowest BCUT2D eigenvalue weighted by atomic mass is 9.49. The first-order chi connectivity index (χ1) is 15.0. The molecule has 4 N–H and O–H groups in total. The minimum Gasteiger partial charge on any atom is -0.489 e. The SMILES string of the molecule is CC1(C)[C@H](NC(=O)c2cnc(NCCN)cc2F)C(C)(C)[C@H]1Oc1ccc(C#N)c(Cl)c1. The van der Waals surface area contributed by atoms with E-state index in [2.05, 4.69) is 15.6 Å². The zero-order chi connectivity index (χ0) is 23.7. The van der Waals surface area contributed by atoms with Crippen LogP contribution in [-0.2, 0) is 0 Å². The van der Waals surface area contributed by atoms with Crippen LogP contribution in [0.1, 0.15) is 43.6 Å². The monoisotopic (exact) mass is 459 g/mol. The molecule has 2 aromatic rings. The molecule has 1 aliphatic carbocycles. The molecular weight excluding hydrogens is 433 g/mol. The van der Waals surface area contributed by atoms with Crippen LogP contribution in [0, 0.1) is 28.0 Å². The Morgan fingerprint density at radius 3 is 2.56 bits per heavy atom. The third-order valence-corrected chi connectivity index (χ3v) is 6.29. The van der Waals surface area contributed by atoms with Gasteiger partial charge in [-0.05, 0) is 12.1 Å². The third-order valence-electron chi connectivity index (χ3n) is 5.98. The minimum absolute atomic E-state index is 0.127. The van der Waals surface area contributed by atoms with E-state index < -0.39 is 22.6 Å². The van der Waals surface area contributed by atoms with Gasteiger partial charge in [0.1, 0.15) is 29.6 Å². The van der Waals surface area contributed by atoms with E-state index in [9.17, 15) is 9.18 Å². The molecule has 1 aliphatic rings. The number of nitrogens with two attached hydrogens (primary N) is 1. The van der Waals surface area contributed by atoms with Crippen molar-refractivity contribution in [3.8, 4) is 11.8 Å². The fourth-order valence-electron chi connectivity index (χ4n) is 4.70. The van der Waals surface area contributed by atoms with Crippen LogP contribution in [-0.4, -0.2) is 36.1 Å². The number of nitrogens with one attached hydrogen (secondary N) is 2. The molecule has 170 valence electrons. The molecule has 0 radical (unpaired) electrons. The molecule has 32 heavy (non-hydrogen) atoms. The summed E-state index contributed by atoms with van der Waals surface area (Å²) < 4.78 is 20.7. The van der Waals surface area contributed by atoms with Crippen molar-refractivity contribution in [1.29, 1.82) is 5.26 Å². The van der Waals surface area contributed by atoms with Gasteiger partial charge in [0, 0.05) is 48.3 Å². The third kappa shape index (κ3) is 4.36. The Labute approximate surface area is 192 Å². The smallest absolute Gasteiger partial charge is 0.256 e. The van der Waals surface area contributed by atoms with Crippen LogP contribution in [0.3, 0.4) is 0 Å². The van der Waals surface area contributed by atoms with Gasteiger partial charge in [-0.1, -0.05) is 39.3 Å². The molecule has 0 saturated heterocycles. The zero-order valence-electron chi connectivity index (χ0n) is 18.5. The van der Waals surface area contributed by atoms with E-state index in [1.165, 1.54) is 12.3 Å². The van der Waals surface area contributed by atoms with E-state index in [0.29, 0.717) is 35.2 Å². The second-order valence-electron chi connectivity index (χ2n) is 9.07. The first kappa shape index (κ1) is 23.8. The first-order valence-corrected chi connectivity index (χ1v) is 10.7. The van der Waals surface area contributed by atoms with Crippen LogP contribution in [0.4, 0.5) is 10.2 Å². The predicted molar refractivity (Wildman–Crippen MR) is 121 cm³/mol. The summed E-state index contributed by atoms with van der Waals surface area (Å²) in [5.74, 6) is -0.331. The summed E-state index contributed by atoms with van der Waals surface area (Å²) in [5, 5.41) is 15.2. The number of ether oxygens (including phenoxy) is 1. The van der Waals surface area contributed by atoms with E-state index in [1.54, 1.807) is 18.2 Å². The van der Waals surface area contributed by atoms with E-state index in [1.807, 2.05) is 33.8 Å². The van der Waals surface area contributed by atoms with E-state index in [4.69, 9.17) is 27.3 Å². The summed E-state index contributed by atoms with van der Waals surface area (Å²) in [6.45, 7) is 8.76. The van der Waals surface area contributed by atoms with E-state index >= 15 is 0 Å². The van der Waals surface area contributed by atoms with Crippen molar-refractivity contribution in [2.75, 3.05) is 18.4 Å². The Kier molecular flexibility index (Phi) is 6.63. The maximum Gasteiger partial charge on any atom is 0.256 e. The molecule has 3 rings (SSSR count). The molecular formula is C23H27ClFN5O2. The Morgan fingerprint density at radius 1 is 1.31 bits per heavy atom. The molecule has 9 heteroatoms. The fourth-order valence-corrected chi connectivity index (χ4v) is 4.91. The quantitative estimate of drug-likeness (QED) is 0.581. The maximum absolute atomic E-state index is 14.5. The van der Waals surface area contributed by atoms with Gasteiger partial charge < -0.3 is 21.1 Å². The van der Waals surface area contributed by atoms with Gasteiger partial charge in [0.25, 0.3) is 5.91 Å². The highest BCUT2D eigenvalue weighted by Crippen LogP contribution is 2.55. The lowest BCUT2D eigenvalue weighted by Crippen LogP contribution is -2.74. The molecule has 1 aromatic carbocycles. The molecule has 7 nitrogen and oxygen atoms in total. The highest BCUT2D eigenvalue weighted by Gasteiger charge is 2.64. The second kappa shape index (κ2) is 8.93. The van der Waals surface area contributed by atoms with Gasteiger partial charge in [-0.3, -0.25) is 4.79 Å². The number of carbonyl (C=O) groups excluding carboxylic acids is 1. The summed E-state index contributed by atoms with van der Waals surface area (Å²) >= 11 is 6.12. The summed E-state index contributed by atoms with van der Waals surface area (Å²) in [4.78, 5) is 16.9. The van der Waals surface area contributed by atoms with Crippen molar-refractivity contribution in [2.24, 2.45) is 16.6 Å². The number of hydrogen-bond donors (Lipinski definition) is 3. The normalized spacial score (nSPS) is 20.6. The molecule has 1 fully saturated rings. The lowest BCUT2D eigenvalue weighted by Gasteiger charge is -2.63. The number of nitrogens with zero attached hydrogens (tertiary/aromatic N) is 2. The van der Waals surface area contributed by atoms with E-state index in [-0.39, 0.29) is 17.7 Å². The Bertz CT molecular complexity index is 1050. The number of halogens is 2.